The van der Waals surface area contributed by atoms with E-state index in [1.807, 2.05) is 0 Å². The van der Waals surface area contributed by atoms with Crippen LogP contribution in [0.25, 0.3) is 0 Å². The van der Waals surface area contributed by atoms with E-state index >= 15 is 0 Å². The summed E-state index contributed by atoms with van der Waals surface area (Å²) in [5, 5.41) is 0. The van der Waals surface area contributed by atoms with Crippen LogP contribution in [0.5, 0.6) is 0 Å². The van der Waals surface area contributed by atoms with E-state index < -0.39 is 13.9 Å². The van der Waals surface area contributed by atoms with E-state index in [-0.39, 0.29) is 19.2 Å². The van der Waals surface area contributed by atoms with Crippen molar-refractivity contribution in [1.29, 1.82) is 0 Å². The molecule has 63 heavy (non-hydrogen) atoms. The molecule has 0 aromatic heterocycles. The molecule has 0 aromatic rings. The second kappa shape index (κ2) is 52.5. The second-order valence-corrected chi connectivity index (χ2v) is 20.9. The lowest BCUT2D eigenvalue weighted by atomic mass is 10.0. The summed E-state index contributed by atoms with van der Waals surface area (Å²) < 4.78 is 27.2. The first kappa shape index (κ1) is 62.5. The molecule has 0 heterocycles. The van der Waals surface area contributed by atoms with E-state index in [2.05, 4.69) is 18.4 Å². The third-order valence-electron chi connectivity index (χ3n) is 13.2. The Morgan fingerprint density at radius 1 is 0.365 bits per heavy atom. The van der Waals surface area contributed by atoms with E-state index in [0.717, 1.165) is 32.1 Å². The van der Waals surface area contributed by atoms with Crippen molar-refractivity contribution in [3.05, 3.63) is 0 Å². The molecule has 0 amide bonds. The van der Waals surface area contributed by atoms with Gasteiger partial charge in [-0.15, -0.1) is 0 Å². The van der Waals surface area contributed by atoms with Crippen molar-refractivity contribution in [3.8, 4) is 0 Å². The number of esters is 1. The van der Waals surface area contributed by atoms with Crippen molar-refractivity contribution >= 4 is 13.8 Å². The molecule has 0 rings (SSSR count). The number of phosphoric ester groups is 1. The second-order valence-electron chi connectivity index (χ2n) is 19.6. The molecule has 378 valence electrons. The van der Waals surface area contributed by atoms with Crippen LogP contribution in [0.1, 0.15) is 322 Å². The first-order chi connectivity index (χ1) is 30.9. The number of carbonyl (C=O) groups is 1. The van der Waals surface area contributed by atoms with Crippen molar-refractivity contribution in [3.63, 3.8) is 0 Å². The van der Waals surface area contributed by atoms with Gasteiger partial charge in [-0.3, -0.25) is 9.32 Å². The molecular weight excluding hydrogens is 804 g/mol. The number of unbranched alkanes of at least 4 members (excludes halogenated alkanes) is 45. The first-order valence-electron chi connectivity index (χ1n) is 28.4. The molecule has 2 N–H and O–H groups in total. The van der Waals surface area contributed by atoms with Crippen LogP contribution in [0.3, 0.4) is 0 Å². The Morgan fingerprint density at radius 2 is 0.603 bits per heavy atom. The van der Waals surface area contributed by atoms with Crippen molar-refractivity contribution in [1.82, 2.24) is 0 Å². The van der Waals surface area contributed by atoms with Crippen LogP contribution < -0.4 is 0 Å². The molecule has 0 aliphatic carbocycles. The zero-order valence-electron chi connectivity index (χ0n) is 42.5. The Labute approximate surface area is 393 Å². The highest BCUT2D eigenvalue weighted by atomic mass is 31.2. The van der Waals surface area contributed by atoms with Gasteiger partial charge in [-0.05, 0) is 12.8 Å². The zero-order valence-corrected chi connectivity index (χ0v) is 43.4. The Bertz CT molecular complexity index is 927. The maximum Gasteiger partial charge on any atom is 0.469 e. The molecule has 0 spiro atoms. The minimum Gasteiger partial charge on any atom is -0.457 e. The van der Waals surface area contributed by atoms with Gasteiger partial charge in [-0.25, -0.2) is 4.57 Å². The smallest absolute Gasteiger partial charge is 0.457 e. The molecule has 0 fully saturated rings. The molecular formula is C55H111O7P. The molecule has 0 saturated heterocycles. The fourth-order valence-corrected chi connectivity index (χ4v) is 9.34. The van der Waals surface area contributed by atoms with Gasteiger partial charge in [0.15, 0.2) is 0 Å². The number of phosphoric acid groups is 1. The largest absolute Gasteiger partial charge is 0.469 e. The summed E-state index contributed by atoms with van der Waals surface area (Å²) in [5.41, 5.74) is 0. The van der Waals surface area contributed by atoms with Crippen LogP contribution in [0.4, 0.5) is 0 Å². The highest BCUT2D eigenvalue weighted by Gasteiger charge is 2.21. The number of ether oxygens (including phenoxy) is 2. The molecule has 8 heteroatoms. The molecule has 7 nitrogen and oxygen atoms in total. The van der Waals surface area contributed by atoms with Gasteiger partial charge >= 0.3 is 13.8 Å². The molecule has 0 aromatic carbocycles. The predicted molar refractivity (Wildman–Crippen MR) is 272 cm³/mol. The summed E-state index contributed by atoms with van der Waals surface area (Å²) in [6.07, 6.45) is 62.9. The lowest BCUT2D eigenvalue weighted by Gasteiger charge is -2.18. The van der Waals surface area contributed by atoms with Gasteiger partial charge in [0.25, 0.3) is 0 Å². The van der Waals surface area contributed by atoms with Crippen LogP contribution in [0.15, 0.2) is 0 Å². The van der Waals surface area contributed by atoms with Crippen molar-refractivity contribution < 1.29 is 33.1 Å². The Kier molecular flexibility index (Phi) is 52.1. The van der Waals surface area contributed by atoms with Crippen LogP contribution in [0.2, 0.25) is 0 Å². The van der Waals surface area contributed by atoms with E-state index in [1.165, 1.54) is 270 Å². The predicted octanol–water partition coefficient (Wildman–Crippen LogP) is 18.8. The van der Waals surface area contributed by atoms with E-state index in [1.54, 1.807) is 0 Å². The van der Waals surface area contributed by atoms with Crippen molar-refractivity contribution in [2.24, 2.45) is 0 Å². The van der Waals surface area contributed by atoms with Gasteiger partial charge < -0.3 is 19.3 Å². The normalized spacial score (nSPS) is 12.4. The SMILES string of the molecule is CCCCCCCCCCCCCCCCCCCCCCCCCCCCCCCC(=O)O[C@H](COCCCCCCCCCCCCCCCCCCCC)COP(=O)(O)O. The molecule has 0 aliphatic heterocycles. The average Bonchev–Trinajstić information content (AvgIpc) is 3.26. The van der Waals surface area contributed by atoms with Crippen LogP contribution in [-0.2, 0) is 23.4 Å². The summed E-state index contributed by atoms with van der Waals surface area (Å²) in [6, 6.07) is 0. The standard InChI is InChI=1S/C55H111O7P/c1-3-5-7-9-11-13-15-17-19-21-23-24-25-26-27-28-29-30-31-32-33-34-36-38-40-42-44-46-48-50-55(56)62-54(53-61-63(57,58)59)52-60-51-49-47-45-43-41-39-37-35-22-20-18-16-14-12-10-8-6-4-2/h54H,3-53H2,1-2H3,(H2,57,58,59)/t54-/m1/s1. The van der Waals surface area contributed by atoms with Gasteiger partial charge in [0.1, 0.15) is 6.10 Å². The Hall–Kier alpha value is -0.460. The minimum atomic E-state index is -4.65. The van der Waals surface area contributed by atoms with Crippen LogP contribution in [0, 0.1) is 0 Å². The van der Waals surface area contributed by atoms with E-state index in [0.29, 0.717) is 13.0 Å². The molecule has 0 unspecified atom stereocenters. The maximum absolute atomic E-state index is 12.5. The maximum atomic E-state index is 12.5. The fourth-order valence-electron chi connectivity index (χ4n) is 8.98. The van der Waals surface area contributed by atoms with Gasteiger partial charge in [-0.1, -0.05) is 303 Å². The summed E-state index contributed by atoms with van der Waals surface area (Å²) in [7, 11) is -4.65. The summed E-state index contributed by atoms with van der Waals surface area (Å²) in [4.78, 5) is 30.8. The zero-order chi connectivity index (χ0) is 45.8. The number of hydrogen-bond donors (Lipinski definition) is 2. The van der Waals surface area contributed by atoms with Gasteiger partial charge in [0.05, 0.1) is 13.2 Å². The third kappa shape index (κ3) is 55.8. The molecule has 0 radical (unpaired) electrons. The average molecular weight is 915 g/mol. The molecule has 0 bridgehead atoms. The monoisotopic (exact) mass is 915 g/mol. The lowest BCUT2D eigenvalue weighted by Crippen LogP contribution is -2.28. The Balaban J connectivity index is 3.58. The van der Waals surface area contributed by atoms with Gasteiger partial charge in [0.2, 0.25) is 0 Å². The van der Waals surface area contributed by atoms with Gasteiger partial charge in [-0.2, -0.15) is 0 Å². The topological polar surface area (TPSA) is 102 Å². The highest BCUT2D eigenvalue weighted by molar-refractivity contribution is 7.46. The highest BCUT2D eigenvalue weighted by Crippen LogP contribution is 2.36. The third-order valence-corrected chi connectivity index (χ3v) is 13.6. The van der Waals surface area contributed by atoms with Crippen LogP contribution >= 0.6 is 7.82 Å². The molecule has 0 saturated carbocycles. The molecule has 1 atom stereocenters. The first-order valence-corrected chi connectivity index (χ1v) is 29.9. The van der Waals surface area contributed by atoms with Gasteiger partial charge in [0, 0.05) is 13.0 Å². The summed E-state index contributed by atoms with van der Waals surface area (Å²) in [5.74, 6) is -0.351. The van der Waals surface area contributed by atoms with Crippen molar-refractivity contribution in [2.45, 2.75) is 328 Å². The fraction of sp³-hybridized carbons (Fsp3) is 0.982. The molecule has 0 aliphatic rings. The number of hydrogen-bond acceptors (Lipinski definition) is 5. The minimum absolute atomic E-state index is 0.0876. The van der Waals surface area contributed by atoms with E-state index in [9.17, 15) is 9.36 Å². The van der Waals surface area contributed by atoms with E-state index in [4.69, 9.17) is 19.3 Å². The van der Waals surface area contributed by atoms with Crippen LogP contribution in [-0.4, -0.2) is 41.7 Å². The van der Waals surface area contributed by atoms with Crippen molar-refractivity contribution in [2.75, 3.05) is 19.8 Å². The Morgan fingerprint density at radius 3 is 0.857 bits per heavy atom. The summed E-state index contributed by atoms with van der Waals surface area (Å²) >= 11 is 0. The lowest BCUT2D eigenvalue weighted by molar-refractivity contribution is -0.154. The number of rotatable bonds is 55. The number of carbonyl (C=O) groups excluding carboxylic acids is 1. The quantitative estimate of drug-likeness (QED) is 0.0356. The summed E-state index contributed by atoms with van der Waals surface area (Å²) in [6.45, 7) is 4.84.